The molecule has 9 heteroatoms. The number of aliphatic hydroxyl groups is 1. The first kappa shape index (κ1) is 12.8. The molecule has 0 aliphatic heterocycles. The maximum atomic E-state index is 12.0. The van der Waals surface area contributed by atoms with Crippen LogP contribution < -0.4 is 4.72 Å². The summed E-state index contributed by atoms with van der Waals surface area (Å²) >= 11 is 7.10. The van der Waals surface area contributed by atoms with Crippen molar-refractivity contribution < 1.29 is 13.5 Å². The summed E-state index contributed by atoms with van der Waals surface area (Å²) < 4.78 is 27.8. The minimum absolute atomic E-state index is 0.0745. The van der Waals surface area contributed by atoms with Crippen LogP contribution in [0.5, 0.6) is 0 Å². The molecule has 0 aliphatic carbocycles. The van der Waals surface area contributed by atoms with Crippen LogP contribution >= 0.6 is 22.9 Å². The van der Waals surface area contributed by atoms with E-state index in [0.29, 0.717) is 4.96 Å². The van der Waals surface area contributed by atoms with Crippen molar-refractivity contribution in [2.24, 2.45) is 0 Å². The van der Waals surface area contributed by atoms with Crippen LogP contribution in [0.3, 0.4) is 0 Å². The molecule has 0 unspecified atom stereocenters. The number of hydrogen-bond donors (Lipinski definition) is 2. The van der Waals surface area contributed by atoms with Crippen molar-refractivity contribution in [3.63, 3.8) is 0 Å². The quantitative estimate of drug-likeness (QED) is 0.870. The van der Waals surface area contributed by atoms with Gasteiger partial charge in [-0.3, -0.25) is 4.40 Å². The molecule has 94 valence electrons. The number of thiazole rings is 1. The molecule has 6 nitrogen and oxygen atoms in total. The summed E-state index contributed by atoms with van der Waals surface area (Å²) in [5, 5.41) is 10.4. The van der Waals surface area contributed by atoms with E-state index in [4.69, 9.17) is 16.7 Å². The van der Waals surface area contributed by atoms with Gasteiger partial charge in [0, 0.05) is 17.6 Å². The number of halogens is 1. The van der Waals surface area contributed by atoms with E-state index in [1.165, 1.54) is 15.7 Å². The Morgan fingerprint density at radius 2 is 2.41 bits per heavy atom. The molecular formula is C8H10ClN3O3S2. The first-order valence-corrected chi connectivity index (χ1v) is 7.44. The maximum Gasteiger partial charge on any atom is 0.260 e. The number of hydrogen-bond acceptors (Lipinski definition) is 5. The summed E-state index contributed by atoms with van der Waals surface area (Å²) in [6.45, 7) is 1.26. The summed E-state index contributed by atoms with van der Waals surface area (Å²) in [5.41, 5.74) is 0. The minimum Gasteiger partial charge on any atom is -0.395 e. The molecule has 2 heterocycles. The fraction of sp³-hybridized carbons (Fsp3) is 0.375. The van der Waals surface area contributed by atoms with Crippen molar-refractivity contribution in [2.45, 2.75) is 18.0 Å². The van der Waals surface area contributed by atoms with Gasteiger partial charge >= 0.3 is 0 Å². The smallest absolute Gasteiger partial charge is 0.260 e. The normalized spacial score (nSPS) is 14.3. The lowest BCUT2D eigenvalue weighted by Gasteiger charge is -2.10. The topological polar surface area (TPSA) is 83.7 Å². The van der Waals surface area contributed by atoms with Gasteiger partial charge < -0.3 is 5.11 Å². The number of nitrogens with zero attached hydrogens (tertiary/aromatic N) is 2. The van der Waals surface area contributed by atoms with E-state index in [2.05, 4.69) is 9.71 Å². The number of imidazole rings is 1. The average Bonchev–Trinajstić information content (AvgIpc) is 2.75. The van der Waals surface area contributed by atoms with E-state index < -0.39 is 16.1 Å². The van der Waals surface area contributed by atoms with Crippen molar-refractivity contribution in [2.75, 3.05) is 6.61 Å². The SMILES string of the molecule is C[C@H](CO)NS(=O)(=O)c1c(Cl)nc2sccn12. The highest BCUT2D eigenvalue weighted by Gasteiger charge is 2.26. The molecule has 17 heavy (non-hydrogen) atoms. The molecule has 2 aromatic heterocycles. The van der Waals surface area contributed by atoms with Crippen LogP contribution in [0.4, 0.5) is 0 Å². The second-order valence-electron chi connectivity index (χ2n) is 3.47. The third-order valence-electron chi connectivity index (χ3n) is 2.06. The van der Waals surface area contributed by atoms with Crippen molar-refractivity contribution in [3.8, 4) is 0 Å². The summed E-state index contributed by atoms with van der Waals surface area (Å²) in [5.74, 6) is 0. The predicted molar refractivity (Wildman–Crippen MR) is 64.9 cm³/mol. The standard InChI is InChI=1S/C8H10ClN3O3S2/c1-5(4-13)11-17(14,15)7-6(9)10-8-12(7)2-3-16-8/h2-3,5,11,13H,4H2,1H3/t5-/m1/s1. The van der Waals surface area contributed by atoms with E-state index in [9.17, 15) is 8.42 Å². The molecule has 0 spiro atoms. The molecule has 2 N–H and O–H groups in total. The van der Waals surface area contributed by atoms with Crippen molar-refractivity contribution in [3.05, 3.63) is 16.7 Å². The molecule has 0 aliphatic rings. The third kappa shape index (κ3) is 2.31. The van der Waals surface area contributed by atoms with Gasteiger partial charge in [-0.1, -0.05) is 11.6 Å². The Kier molecular flexibility index (Phi) is 3.41. The Morgan fingerprint density at radius 1 is 1.71 bits per heavy atom. The zero-order chi connectivity index (χ0) is 12.6. The maximum absolute atomic E-state index is 12.0. The Balaban J connectivity index is 2.51. The van der Waals surface area contributed by atoms with Crippen molar-refractivity contribution in [1.82, 2.24) is 14.1 Å². The second-order valence-corrected chi connectivity index (χ2v) is 6.33. The summed E-state index contributed by atoms with van der Waals surface area (Å²) in [6, 6.07) is -0.583. The molecule has 0 saturated heterocycles. The van der Waals surface area contributed by atoms with Crippen LogP contribution in [-0.4, -0.2) is 35.6 Å². The molecule has 2 aromatic rings. The van der Waals surface area contributed by atoms with Crippen LogP contribution in [-0.2, 0) is 10.0 Å². The lowest BCUT2D eigenvalue weighted by molar-refractivity contribution is 0.265. The van der Waals surface area contributed by atoms with Crippen molar-refractivity contribution >= 4 is 37.9 Å². The van der Waals surface area contributed by atoms with Gasteiger partial charge in [0.15, 0.2) is 15.1 Å². The molecule has 0 bridgehead atoms. The molecule has 2 rings (SSSR count). The zero-order valence-electron chi connectivity index (χ0n) is 8.79. The molecule has 0 radical (unpaired) electrons. The van der Waals surface area contributed by atoms with E-state index in [-0.39, 0.29) is 16.8 Å². The van der Waals surface area contributed by atoms with Crippen LogP contribution in [0, 0.1) is 0 Å². The Labute approximate surface area is 107 Å². The van der Waals surface area contributed by atoms with Gasteiger partial charge in [0.1, 0.15) is 0 Å². The first-order chi connectivity index (χ1) is 7.95. The molecule has 0 amide bonds. The lowest BCUT2D eigenvalue weighted by Crippen LogP contribution is -2.35. The van der Waals surface area contributed by atoms with Crippen LogP contribution in [0.15, 0.2) is 16.6 Å². The van der Waals surface area contributed by atoms with Crippen LogP contribution in [0.1, 0.15) is 6.92 Å². The fourth-order valence-electron chi connectivity index (χ4n) is 1.34. The highest BCUT2D eigenvalue weighted by molar-refractivity contribution is 7.89. The van der Waals surface area contributed by atoms with Gasteiger partial charge in [-0.15, -0.1) is 11.3 Å². The van der Waals surface area contributed by atoms with Gasteiger partial charge in [-0.25, -0.2) is 18.1 Å². The molecule has 0 saturated carbocycles. The summed E-state index contributed by atoms with van der Waals surface area (Å²) in [6.07, 6.45) is 1.58. The predicted octanol–water partition coefficient (Wildman–Crippen LogP) is 0.708. The number of aromatic nitrogens is 2. The highest BCUT2D eigenvalue weighted by atomic mass is 35.5. The number of fused-ring (bicyclic) bond motifs is 1. The van der Waals surface area contributed by atoms with E-state index in [1.807, 2.05) is 0 Å². The minimum atomic E-state index is -3.79. The van der Waals surface area contributed by atoms with E-state index in [1.54, 1.807) is 18.5 Å². The molecule has 0 fully saturated rings. The summed E-state index contributed by atoms with van der Waals surface area (Å²) in [4.78, 5) is 4.44. The van der Waals surface area contributed by atoms with Crippen molar-refractivity contribution in [1.29, 1.82) is 0 Å². The van der Waals surface area contributed by atoms with Crippen LogP contribution in [0.2, 0.25) is 5.15 Å². The van der Waals surface area contributed by atoms with E-state index >= 15 is 0 Å². The average molecular weight is 296 g/mol. The van der Waals surface area contributed by atoms with E-state index in [0.717, 1.165) is 0 Å². The van der Waals surface area contributed by atoms with Gasteiger partial charge in [0.2, 0.25) is 0 Å². The second kappa shape index (κ2) is 4.54. The first-order valence-electron chi connectivity index (χ1n) is 4.70. The third-order valence-corrected chi connectivity index (χ3v) is 4.81. The number of sulfonamides is 1. The van der Waals surface area contributed by atoms with Gasteiger partial charge in [-0.2, -0.15) is 0 Å². The van der Waals surface area contributed by atoms with Gasteiger partial charge in [0.25, 0.3) is 10.0 Å². The molecular weight excluding hydrogens is 286 g/mol. The zero-order valence-corrected chi connectivity index (χ0v) is 11.2. The highest BCUT2D eigenvalue weighted by Crippen LogP contribution is 2.25. The van der Waals surface area contributed by atoms with Crippen LogP contribution in [0.25, 0.3) is 4.96 Å². The molecule has 0 aromatic carbocycles. The number of nitrogens with one attached hydrogen (secondary N) is 1. The fourth-order valence-corrected chi connectivity index (χ4v) is 4.02. The van der Waals surface area contributed by atoms with Gasteiger partial charge in [-0.05, 0) is 6.92 Å². The molecule has 1 atom stereocenters. The number of aliphatic hydroxyl groups excluding tert-OH is 1. The Hall–Kier alpha value is -0.670. The Morgan fingerprint density at radius 3 is 3.06 bits per heavy atom. The Bertz CT molecular complexity index is 634. The summed E-state index contributed by atoms with van der Waals surface area (Å²) in [7, 11) is -3.79. The van der Waals surface area contributed by atoms with Gasteiger partial charge in [0.05, 0.1) is 6.61 Å². The lowest BCUT2D eigenvalue weighted by atomic mass is 10.4. The number of rotatable bonds is 4. The largest absolute Gasteiger partial charge is 0.395 e. The monoisotopic (exact) mass is 295 g/mol.